The standard InChI is InChI=1S/C17H23N3O/c1-3-18-16(15-9-11-19-20(15)4-2)17-14-8-6-5-7-13(14)10-12-21-17/h5-9,11,16-18H,3-4,10,12H2,1-2H3. The van der Waals surface area contributed by atoms with Gasteiger partial charge in [0.1, 0.15) is 6.10 Å². The topological polar surface area (TPSA) is 39.1 Å². The first kappa shape index (κ1) is 14.3. The summed E-state index contributed by atoms with van der Waals surface area (Å²) in [4.78, 5) is 0. The van der Waals surface area contributed by atoms with E-state index in [1.165, 1.54) is 16.8 Å². The van der Waals surface area contributed by atoms with Crippen LogP contribution in [0, 0.1) is 0 Å². The van der Waals surface area contributed by atoms with Gasteiger partial charge in [0.2, 0.25) is 0 Å². The number of aryl methyl sites for hydroxylation is 1. The lowest BCUT2D eigenvalue weighted by molar-refractivity contribution is 0.0130. The van der Waals surface area contributed by atoms with Crippen LogP contribution in [0.3, 0.4) is 0 Å². The highest BCUT2D eigenvalue weighted by molar-refractivity contribution is 5.33. The normalized spacial score (nSPS) is 19.2. The van der Waals surface area contributed by atoms with Crippen molar-refractivity contribution < 1.29 is 4.74 Å². The maximum atomic E-state index is 6.14. The van der Waals surface area contributed by atoms with Crippen molar-refractivity contribution in [1.29, 1.82) is 0 Å². The number of nitrogens with zero attached hydrogens (tertiary/aromatic N) is 2. The predicted octanol–water partition coefficient (Wildman–Crippen LogP) is 2.87. The number of likely N-dealkylation sites (N-methyl/N-ethyl adjacent to an activating group) is 1. The average molecular weight is 285 g/mol. The number of benzene rings is 1. The van der Waals surface area contributed by atoms with Crippen LogP contribution in [0.2, 0.25) is 0 Å². The van der Waals surface area contributed by atoms with Gasteiger partial charge in [-0.2, -0.15) is 5.10 Å². The van der Waals surface area contributed by atoms with E-state index in [-0.39, 0.29) is 12.1 Å². The van der Waals surface area contributed by atoms with Gasteiger partial charge in [-0.15, -0.1) is 0 Å². The second-order valence-corrected chi connectivity index (χ2v) is 5.35. The summed E-state index contributed by atoms with van der Waals surface area (Å²) in [5, 5.41) is 7.99. The van der Waals surface area contributed by atoms with E-state index >= 15 is 0 Å². The summed E-state index contributed by atoms with van der Waals surface area (Å²) in [7, 11) is 0. The lowest BCUT2D eigenvalue weighted by Crippen LogP contribution is -2.33. The fraction of sp³-hybridized carbons (Fsp3) is 0.471. The fourth-order valence-electron chi connectivity index (χ4n) is 3.16. The molecule has 4 nitrogen and oxygen atoms in total. The molecule has 2 heterocycles. The first-order valence-electron chi connectivity index (χ1n) is 7.79. The molecule has 21 heavy (non-hydrogen) atoms. The Bertz CT molecular complexity index is 593. The minimum absolute atomic E-state index is 0.0527. The van der Waals surface area contributed by atoms with Gasteiger partial charge in [-0.25, -0.2) is 0 Å². The first-order chi connectivity index (χ1) is 10.3. The van der Waals surface area contributed by atoms with Crippen molar-refractivity contribution in [3.8, 4) is 0 Å². The summed E-state index contributed by atoms with van der Waals surface area (Å²) < 4.78 is 8.19. The largest absolute Gasteiger partial charge is 0.371 e. The molecule has 0 fully saturated rings. The fourth-order valence-corrected chi connectivity index (χ4v) is 3.16. The monoisotopic (exact) mass is 285 g/mol. The minimum atomic E-state index is 0.0527. The molecule has 2 aromatic rings. The van der Waals surface area contributed by atoms with Gasteiger partial charge in [-0.3, -0.25) is 4.68 Å². The molecule has 0 saturated heterocycles. The third kappa shape index (κ3) is 2.74. The van der Waals surface area contributed by atoms with Gasteiger partial charge in [-0.1, -0.05) is 31.2 Å². The third-order valence-electron chi connectivity index (χ3n) is 4.12. The molecule has 1 N–H and O–H groups in total. The smallest absolute Gasteiger partial charge is 0.104 e. The second-order valence-electron chi connectivity index (χ2n) is 5.35. The molecule has 0 amide bonds. The second kappa shape index (κ2) is 6.41. The zero-order valence-corrected chi connectivity index (χ0v) is 12.7. The molecule has 0 spiro atoms. The first-order valence-corrected chi connectivity index (χ1v) is 7.79. The van der Waals surface area contributed by atoms with Crippen molar-refractivity contribution >= 4 is 0 Å². The number of ether oxygens (including phenoxy) is 1. The van der Waals surface area contributed by atoms with Crippen LogP contribution in [0.5, 0.6) is 0 Å². The van der Waals surface area contributed by atoms with Gasteiger partial charge in [0.25, 0.3) is 0 Å². The van der Waals surface area contributed by atoms with Gasteiger partial charge in [0.15, 0.2) is 0 Å². The van der Waals surface area contributed by atoms with Crippen LogP contribution >= 0.6 is 0 Å². The highest BCUT2D eigenvalue weighted by atomic mass is 16.5. The number of fused-ring (bicyclic) bond motifs is 1. The van der Waals surface area contributed by atoms with E-state index in [9.17, 15) is 0 Å². The molecule has 112 valence electrons. The Labute approximate surface area is 126 Å². The number of hydrogen-bond donors (Lipinski definition) is 1. The van der Waals surface area contributed by atoms with Crippen molar-refractivity contribution in [2.45, 2.75) is 39.0 Å². The quantitative estimate of drug-likeness (QED) is 0.918. The van der Waals surface area contributed by atoms with Gasteiger partial charge in [0.05, 0.1) is 18.3 Å². The van der Waals surface area contributed by atoms with Gasteiger partial charge in [-0.05, 0) is 37.1 Å². The maximum Gasteiger partial charge on any atom is 0.104 e. The molecule has 0 saturated carbocycles. The molecule has 1 aromatic carbocycles. The summed E-state index contributed by atoms with van der Waals surface area (Å²) in [6.45, 7) is 6.81. The number of aromatic nitrogens is 2. The Morgan fingerprint density at radius 3 is 3.00 bits per heavy atom. The number of rotatable bonds is 5. The Morgan fingerprint density at radius 2 is 2.19 bits per heavy atom. The van der Waals surface area contributed by atoms with E-state index in [0.29, 0.717) is 0 Å². The summed E-state index contributed by atoms with van der Waals surface area (Å²) in [5.74, 6) is 0. The van der Waals surface area contributed by atoms with Crippen molar-refractivity contribution in [3.63, 3.8) is 0 Å². The van der Waals surface area contributed by atoms with Crippen molar-refractivity contribution in [3.05, 3.63) is 53.3 Å². The Balaban J connectivity index is 1.99. The predicted molar refractivity (Wildman–Crippen MR) is 83.2 cm³/mol. The third-order valence-corrected chi connectivity index (χ3v) is 4.12. The van der Waals surface area contributed by atoms with Crippen LogP contribution in [-0.4, -0.2) is 22.9 Å². The highest BCUT2D eigenvalue weighted by Gasteiger charge is 2.31. The van der Waals surface area contributed by atoms with Crippen LogP contribution in [0.4, 0.5) is 0 Å². The van der Waals surface area contributed by atoms with Gasteiger partial charge in [0, 0.05) is 12.7 Å². The van der Waals surface area contributed by atoms with Crippen LogP contribution < -0.4 is 5.32 Å². The van der Waals surface area contributed by atoms with Crippen molar-refractivity contribution in [1.82, 2.24) is 15.1 Å². The molecule has 0 aliphatic carbocycles. The van der Waals surface area contributed by atoms with Crippen LogP contribution in [0.15, 0.2) is 36.5 Å². The van der Waals surface area contributed by atoms with Crippen molar-refractivity contribution in [2.24, 2.45) is 0 Å². The number of nitrogens with one attached hydrogen (secondary N) is 1. The van der Waals surface area contributed by atoms with E-state index in [1.807, 2.05) is 10.9 Å². The Hall–Kier alpha value is -1.65. The number of hydrogen-bond acceptors (Lipinski definition) is 3. The summed E-state index contributed by atoms with van der Waals surface area (Å²) in [5.41, 5.74) is 3.90. The van der Waals surface area contributed by atoms with Crippen LogP contribution in [-0.2, 0) is 17.7 Å². The zero-order valence-electron chi connectivity index (χ0n) is 12.7. The van der Waals surface area contributed by atoms with Crippen LogP contribution in [0.1, 0.15) is 42.8 Å². The maximum absolute atomic E-state index is 6.14. The summed E-state index contributed by atoms with van der Waals surface area (Å²) in [6.07, 6.45) is 2.92. The SMILES string of the molecule is CCNC(c1ccnn1CC)C1OCCc2ccccc21. The molecule has 2 atom stereocenters. The van der Waals surface area contributed by atoms with E-state index < -0.39 is 0 Å². The Morgan fingerprint density at radius 1 is 1.33 bits per heavy atom. The molecule has 4 heteroatoms. The van der Waals surface area contributed by atoms with E-state index in [1.54, 1.807) is 0 Å². The molecule has 1 aliphatic rings. The van der Waals surface area contributed by atoms with Gasteiger partial charge < -0.3 is 10.1 Å². The highest BCUT2D eigenvalue weighted by Crippen LogP contribution is 2.36. The van der Waals surface area contributed by atoms with E-state index in [0.717, 1.165) is 26.1 Å². The Kier molecular flexibility index (Phi) is 4.36. The average Bonchev–Trinajstić information content (AvgIpc) is 3.00. The lowest BCUT2D eigenvalue weighted by Gasteiger charge is -2.33. The molecule has 0 bridgehead atoms. The lowest BCUT2D eigenvalue weighted by atomic mass is 9.91. The minimum Gasteiger partial charge on any atom is -0.371 e. The van der Waals surface area contributed by atoms with Crippen LogP contribution in [0.25, 0.3) is 0 Å². The molecule has 3 rings (SSSR count). The molecule has 1 aromatic heterocycles. The van der Waals surface area contributed by atoms with E-state index in [4.69, 9.17) is 4.74 Å². The molecule has 1 aliphatic heterocycles. The zero-order chi connectivity index (χ0) is 14.7. The molecular formula is C17H23N3O. The van der Waals surface area contributed by atoms with Crippen molar-refractivity contribution in [2.75, 3.05) is 13.2 Å². The molecule has 2 unspecified atom stereocenters. The molecule has 0 radical (unpaired) electrons. The van der Waals surface area contributed by atoms with Gasteiger partial charge >= 0.3 is 0 Å². The molecular weight excluding hydrogens is 262 g/mol. The van der Waals surface area contributed by atoms with E-state index in [2.05, 4.69) is 54.6 Å². The summed E-state index contributed by atoms with van der Waals surface area (Å²) >= 11 is 0. The summed E-state index contributed by atoms with van der Waals surface area (Å²) in [6, 6.07) is 10.8.